The Labute approximate surface area is 142 Å². The van der Waals surface area contributed by atoms with Gasteiger partial charge in [-0.2, -0.15) is 4.98 Å². The molecule has 0 aromatic carbocycles. The molecule has 0 saturated carbocycles. The van der Waals surface area contributed by atoms with Crippen LogP contribution in [-0.4, -0.2) is 32.5 Å². The summed E-state index contributed by atoms with van der Waals surface area (Å²) in [5.74, 6) is 1.83. The van der Waals surface area contributed by atoms with E-state index in [0.717, 1.165) is 31.4 Å². The van der Waals surface area contributed by atoms with Crippen LogP contribution in [-0.2, 0) is 11.2 Å². The molecule has 6 heteroatoms. The first-order valence-electron chi connectivity index (χ1n) is 8.64. The van der Waals surface area contributed by atoms with Crippen LogP contribution in [0.1, 0.15) is 62.9 Å². The Bertz CT molecular complexity index is 669. The van der Waals surface area contributed by atoms with Crippen molar-refractivity contribution in [2.45, 2.75) is 52.0 Å². The molecule has 128 valence electrons. The Balaban J connectivity index is 1.79. The minimum atomic E-state index is -0.118. The van der Waals surface area contributed by atoms with E-state index in [0.29, 0.717) is 30.5 Å². The van der Waals surface area contributed by atoms with E-state index >= 15 is 0 Å². The van der Waals surface area contributed by atoms with Gasteiger partial charge in [0.1, 0.15) is 6.04 Å². The monoisotopic (exact) mass is 328 g/mol. The van der Waals surface area contributed by atoms with Gasteiger partial charge in [0.25, 0.3) is 0 Å². The molecule has 1 saturated heterocycles. The normalized spacial score (nSPS) is 16.6. The Morgan fingerprint density at radius 1 is 1.33 bits per heavy atom. The smallest absolute Gasteiger partial charge is 0.249 e. The van der Waals surface area contributed by atoms with E-state index in [1.807, 2.05) is 17.0 Å². The summed E-state index contributed by atoms with van der Waals surface area (Å²) in [6, 6.07) is 3.76. The van der Waals surface area contributed by atoms with E-state index in [1.54, 1.807) is 12.4 Å². The van der Waals surface area contributed by atoms with Crippen molar-refractivity contribution in [1.82, 2.24) is 20.0 Å². The molecule has 0 aliphatic carbocycles. The fourth-order valence-corrected chi connectivity index (χ4v) is 3.12. The second-order valence-corrected chi connectivity index (χ2v) is 6.78. The predicted molar refractivity (Wildman–Crippen MR) is 89.1 cm³/mol. The molecule has 6 nitrogen and oxygen atoms in total. The summed E-state index contributed by atoms with van der Waals surface area (Å²) >= 11 is 0. The van der Waals surface area contributed by atoms with Crippen molar-refractivity contribution < 1.29 is 9.32 Å². The molecule has 0 radical (unpaired) electrons. The molecular weight excluding hydrogens is 304 g/mol. The van der Waals surface area contributed by atoms with Gasteiger partial charge >= 0.3 is 0 Å². The molecule has 0 spiro atoms. The van der Waals surface area contributed by atoms with Gasteiger partial charge in [-0.15, -0.1) is 0 Å². The van der Waals surface area contributed by atoms with Gasteiger partial charge in [0.15, 0.2) is 5.82 Å². The maximum absolute atomic E-state index is 12.3. The molecule has 0 unspecified atom stereocenters. The summed E-state index contributed by atoms with van der Waals surface area (Å²) in [7, 11) is 0. The molecule has 1 aliphatic heterocycles. The van der Waals surface area contributed by atoms with E-state index < -0.39 is 0 Å². The topological polar surface area (TPSA) is 72.1 Å². The van der Waals surface area contributed by atoms with Crippen molar-refractivity contribution in [1.29, 1.82) is 0 Å². The summed E-state index contributed by atoms with van der Waals surface area (Å²) in [5.41, 5.74) is 1.04. The second-order valence-electron chi connectivity index (χ2n) is 6.78. The molecule has 1 fully saturated rings. The number of amides is 1. The highest BCUT2D eigenvalue weighted by atomic mass is 16.5. The lowest BCUT2D eigenvalue weighted by Crippen LogP contribution is -2.39. The first-order valence-corrected chi connectivity index (χ1v) is 8.64. The van der Waals surface area contributed by atoms with Crippen molar-refractivity contribution in [2.75, 3.05) is 6.54 Å². The van der Waals surface area contributed by atoms with Gasteiger partial charge in [-0.3, -0.25) is 9.78 Å². The highest BCUT2D eigenvalue weighted by Crippen LogP contribution is 2.30. The zero-order valence-electron chi connectivity index (χ0n) is 14.3. The average molecular weight is 328 g/mol. The fourth-order valence-electron chi connectivity index (χ4n) is 3.12. The molecule has 1 atom stereocenters. The number of aromatic nitrogens is 3. The minimum Gasteiger partial charge on any atom is -0.337 e. The second kappa shape index (κ2) is 7.55. The van der Waals surface area contributed by atoms with Gasteiger partial charge in [-0.1, -0.05) is 25.1 Å². The maximum atomic E-state index is 12.3. The van der Waals surface area contributed by atoms with Crippen molar-refractivity contribution in [3.05, 3.63) is 41.8 Å². The van der Waals surface area contributed by atoms with Crippen LogP contribution in [0, 0.1) is 5.92 Å². The summed E-state index contributed by atoms with van der Waals surface area (Å²) in [6.45, 7) is 5.07. The Kier molecular flexibility index (Phi) is 5.23. The van der Waals surface area contributed by atoms with Crippen molar-refractivity contribution in [3.63, 3.8) is 0 Å². The first kappa shape index (κ1) is 16.6. The van der Waals surface area contributed by atoms with Gasteiger partial charge in [0.2, 0.25) is 11.8 Å². The molecule has 1 aliphatic rings. The lowest BCUT2D eigenvalue weighted by Gasteiger charge is -2.33. The Hall–Kier alpha value is -2.24. The molecule has 24 heavy (non-hydrogen) atoms. The summed E-state index contributed by atoms with van der Waals surface area (Å²) in [5, 5.41) is 4.11. The van der Waals surface area contributed by atoms with Crippen LogP contribution in [0.4, 0.5) is 0 Å². The Morgan fingerprint density at radius 2 is 2.21 bits per heavy atom. The van der Waals surface area contributed by atoms with Crippen LogP contribution in [0.3, 0.4) is 0 Å². The number of hydrogen-bond acceptors (Lipinski definition) is 5. The van der Waals surface area contributed by atoms with Gasteiger partial charge in [-0.05, 0) is 36.8 Å². The highest BCUT2D eigenvalue weighted by molar-refractivity contribution is 5.77. The fraction of sp³-hybridized carbons (Fsp3) is 0.556. The third kappa shape index (κ3) is 3.99. The van der Waals surface area contributed by atoms with Gasteiger partial charge in [-0.25, -0.2) is 0 Å². The van der Waals surface area contributed by atoms with Crippen LogP contribution < -0.4 is 0 Å². The number of likely N-dealkylation sites (tertiary alicyclic amines) is 1. The van der Waals surface area contributed by atoms with Gasteiger partial charge in [0, 0.05) is 31.8 Å². The number of pyridine rings is 1. The van der Waals surface area contributed by atoms with E-state index in [-0.39, 0.29) is 11.9 Å². The number of carbonyl (C=O) groups is 1. The Morgan fingerprint density at radius 3 is 2.92 bits per heavy atom. The number of piperidine rings is 1. The van der Waals surface area contributed by atoms with Crippen LogP contribution in [0.15, 0.2) is 29.0 Å². The predicted octanol–water partition coefficient (Wildman–Crippen LogP) is 3.16. The molecule has 0 N–H and O–H groups in total. The lowest BCUT2D eigenvalue weighted by molar-refractivity contribution is -0.137. The van der Waals surface area contributed by atoms with Crippen LogP contribution in [0.25, 0.3) is 0 Å². The molecule has 3 heterocycles. The van der Waals surface area contributed by atoms with Crippen LogP contribution >= 0.6 is 0 Å². The van der Waals surface area contributed by atoms with Crippen molar-refractivity contribution in [3.8, 4) is 0 Å². The molecule has 1 amide bonds. The highest BCUT2D eigenvalue weighted by Gasteiger charge is 2.31. The average Bonchev–Trinajstić information content (AvgIpc) is 3.02. The van der Waals surface area contributed by atoms with Crippen LogP contribution in [0.5, 0.6) is 0 Å². The SMILES string of the molecule is CC(C)C[C@@H](c1nc(Cc2cccnc2)no1)N1CCCCC1=O. The molecule has 0 bridgehead atoms. The lowest BCUT2D eigenvalue weighted by atomic mass is 9.99. The molecule has 2 aromatic rings. The molecule has 2 aromatic heterocycles. The van der Waals surface area contributed by atoms with E-state index in [2.05, 4.69) is 29.0 Å². The summed E-state index contributed by atoms with van der Waals surface area (Å²) < 4.78 is 5.53. The van der Waals surface area contributed by atoms with Crippen molar-refractivity contribution in [2.24, 2.45) is 5.92 Å². The third-order valence-corrected chi connectivity index (χ3v) is 4.28. The van der Waals surface area contributed by atoms with E-state index in [1.165, 1.54) is 0 Å². The van der Waals surface area contributed by atoms with Crippen molar-refractivity contribution >= 4 is 5.91 Å². The number of hydrogen-bond donors (Lipinski definition) is 0. The minimum absolute atomic E-state index is 0.118. The zero-order valence-corrected chi connectivity index (χ0v) is 14.3. The zero-order chi connectivity index (χ0) is 16.9. The quantitative estimate of drug-likeness (QED) is 0.814. The summed E-state index contributed by atoms with van der Waals surface area (Å²) in [4.78, 5) is 22.9. The van der Waals surface area contributed by atoms with Gasteiger partial charge in [0.05, 0.1) is 0 Å². The van der Waals surface area contributed by atoms with Gasteiger partial charge < -0.3 is 9.42 Å². The number of carbonyl (C=O) groups excluding carboxylic acids is 1. The first-order chi connectivity index (χ1) is 11.6. The molecular formula is C18H24N4O2. The number of nitrogens with zero attached hydrogens (tertiary/aromatic N) is 4. The number of rotatable bonds is 6. The standard InChI is InChI=1S/C18H24N4O2/c1-13(2)10-15(22-9-4-3-7-17(22)23)18-20-16(21-24-18)11-14-6-5-8-19-12-14/h5-6,8,12-13,15H,3-4,7,9-11H2,1-2H3/t15-/m0/s1. The molecule has 3 rings (SSSR count). The maximum Gasteiger partial charge on any atom is 0.249 e. The third-order valence-electron chi connectivity index (χ3n) is 4.28. The van der Waals surface area contributed by atoms with E-state index in [4.69, 9.17) is 4.52 Å². The van der Waals surface area contributed by atoms with Crippen LogP contribution in [0.2, 0.25) is 0 Å². The largest absolute Gasteiger partial charge is 0.337 e. The van der Waals surface area contributed by atoms with E-state index in [9.17, 15) is 4.79 Å². The summed E-state index contributed by atoms with van der Waals surface area (Å²) in [6.07, 6.45) is 7.59.